The van der Waals surface area contributed by atoms with Crippen molar-refractivity contribution in [3.8, 4) is 0 Å². The lowest BCUT2D eigenvalue weighted by molar-refractivity contribution is -0.127. The first kappa shape index (κ1) is 22.2. The summed E-state index contributed by atoms with van der Waals surface area (Å²) in [5, 5.41) is 9.77. The average molecular weight is 448 g/mol. The molecular weight excluding hydrogens is 414 g/mol. The van der Waals surface area contributed by atoms with Gasteiger partial charge in [-0.05, 0) is 50.7 Å². The van der Waals surface area contributed by atoms with E-state index in [1.165, 1.54) is 24.6 Å². The van der Waals surface area contributed by atoms with Crippen LogP contribution in [0.15, 0.2) is 21.7 Å². The number of amides is 1. The fraction of sp³-hybridized carbons (Fsp3) is 0.682. The van der Waals surface area contributed by atoms with Crippen molar-refractivity contribution in [2.24, 2.45) is 5.92 Å². The lowest BCUT2D eigenvalue weighted by Gasteiger charge is -2.31. The number of anilines is 1. The van der Waals surface area contributed by atoms with Crippen LogP contribution in [0.25, 0.3) is 0 Å². The van der Waals surface area contributed by atoms with Crippen LogP contribution < -0.4 is 4.90 Å². The number of furan rings is 1. The van der Waals surface area contributed by atoms with Crippen LogP contribution in [-0.4, -0.2) is 64.2 Å². The molecule has 0 radical (unpaired) electrons. The SMILES string of the molecule is Cc1ccc(CN(C)C(=O)CSc2nnc(N3CCC(C)CC3)n2CC2CCCO2)o1. The minimum atomic E-state index is 0.0408. The Kier molecular flexibility index (Phi) is 7.22. The monoisotopic (exact) mass is 447 g/mol. The van der Waals surface area contributed by atoms with Gasteiger partial charge in [0.2, 0.25) is 11.9 Å². The summed E-state index contributed by atoms with van der Waals surface area (Å²) in [7, 11) is 1.80. The molecule has 0 saturated carbocycles. The van der Waals surface area contributed by atoms with Gasteiger partial charge in [-0.25, -0.2) is 0 Å². The van der Waals surface area contributed by atoms with E-state index < -0.39 is 0 Å². The maximum absolute atomic E-state index is 12.7. The number of carbonyl (C=O) groups excluding carboxylic acids is 1. The maximum atomic E-state index is 12.7. The van der Waals surface area contributed by atoms with Gasteiger partial charge in [0, 0.05) is 26.7 Å². The quantitative estimate of drug-likeness (QED) is 0.574. The average Bonchev–Trinajstić information content (AvgIpc) is 3.50. The molecule has 1 atom stereocenters. The maximum Gasteiger partial charge on any atom is 0.233 e. The van der Waals surface area contributed by atoms with Gasteiger partial charge >= 0.3 is 0 Å². The molecule has 170 valence electrons. The zero-order chi connectivity index (χ0) is 21.8. The molecule has 9 heteroatoms. The van der Waals surface area contributed by atoms with Crippen LogP contribution >= 0.6 is 11.8 Å². The third kappa shape index (κ3) is 5.63. The Balaban J connectivity index is 1.42. The Bertz CT molecular complexity index is 868. The zero-order valence-electron chi connectivity index (χ0n) is 18.7. The van der Waals surface area contributed by atoms with Crippen LogP contribution in [0, 0.1) is 12.8 Å². The first-order valence-corrected chi connectivity index (χ1v) is 12.2. The second-order valence-electron chi connectivity index (χ2n) is 8.75. The molecular formula is C22H33N5O3S. The van der Waals surface area contributed by atoms with E-state index in [-0.39, 0.29) is 12.0 Å². The number of carbonyl (C=O) groups is 1. The minimum absolute atomic E-state index is 0.0408. The molecule has 0 aromatic carbocycles. The van der Waals surface area contributed by atoms with Crippen molar-refractivity contribution in [1.29, 1.82) is 0 Å². The molecule has 1 unspecified atom stereocenters. The van der Waals surface area contributed by atoms with E-state index in [0.717, 1.165) is 67.6 Å². The van der Waals surface area contributed by atoms with Crippen molar-refractivity contribution in [3.05, 3.63) is 23.7 Å². The van der Waals surface area contributed by atoms with Gasteiger partial charge in [-0.3, -0.25) is 9.36 Å². The number of hydrogen-bond acceptors (Lipinski definition) is 7. The highest BCUT2D eigenvalue weighted by Crippen LogP contribution is 2.28. The van der Waals surface area contributed by atoms with E-state index in [1.807, 2.05) is 19.1 Å². The van der Waals surface area contributed by atoms with E-state index >= 15 is 0 Å². The van der Waals surface area contributed by atoms with E-state index in [9.17, 15) is 4.79 Å². The van der Waals surface area contributed by atoms with E-state index in [4.69, 9.17) is 9.15 Å². The summed E-state index contributed by atoms with van der Waals surface area (Å²) in [5.74, 6) is 3.67. The molecule has 0 aliphatic carbocycles. The second kappa shape index (κ2) is 10.1. The molecule has 2 fully saturated rings. The highest BCUT2D eigenvalue weighted by atomic mass is 32.2. The number of rotatable bonds is 8. The molecule has 2 aliphatic rings. The van der Waals surface area contributed by atoms with Crippen molar-refractivity contribution in [2.45, 2.75) is 63.9 Å². The van der Waals surface area contributed by atoms with Crippen LogP contribution in [0.2, 0.25) is 0 Å². The molecule has 4 heterocycles. The molecule has 0 bridgehead atoms. The van der Waals surface area contributed by atoms with Gasteiger partial charge in [0.15, 0.2) is 5.16 Å². The van der Waals surface area contributed by atoms with Crippen molar-refractivity contribution in [2.75, 3.05) is 37.4 Å². The van der Waals surface area contributed by atoms with Gasteiger partial charge in [0.1, 0.15) is 11.5 Å². The molecule has 2 aromatic heterocycles. The smallest absolute Gasteiger partial charge is 0.233 e. The Morgan fingerprint density at radius 2 is 2.06 bits per heavy atom. The summed E-state index contributed by atoms with van der Waals surface area (Å²) in [4.78, 5) is 16.7. The van der Waals surface area contributed by atoms with Gasteiger partial charge in [-0.1, -0.05) is 18.7 Å². The lowest BCUT2D eigenvalue weighted by atomic mass is 10.00. The normalized spacial score (nSPS) is 19.8. The highest BCUT2D eigenvalue weighted by Gasteiger charge is 2.26. The Hall–Kier alpha value is -2.00. The van der Waals surface area contributed by atoms with Crippen LogP contribution in [0.1, 0.15) is 44.1 Å². The third-order valence-corrected chi connectivity index (χ3v) is 7.07. The Morgan fingerprint density at radius 1 is 1.26 bits per heavy atom. The minimum Gasteiger partial charge on any atom is -0.464 e. The molecule has 2 aliphatic heterocycles. The molecule has 31 heavy (non-hydrogen) atoms. The predicted octanol–water partition coefficient (Wildman–Crippen LogP) is 3.35. The van der Waals surface area contributed by atoms with Gasteiger partial charge in [0.25, 0.3) is 0 Å². The fourth-order valence-electron chi connectivity index (χ4n) is 4.11. The summed E-state index contributed by atoms with van der Waals surface area (Å²) < 4.78 is 13.6. The number of piperidine rings is 1. The summed E-state index contributed by atoms with van der Waals surface area (Å²) in [6.45, 7) is 8.24. The first-order valence-electron chi connectivity index (χ1n) is 11.2. The Labute approximate surface area is 188 Å². The van der Waals surface area contributed by atoms with Crippen LogP contribution in [-0.2, 0) is 22.6 Å². The van der Waals surface area contributed by atoms with Crippen LogP contribution in [0.4, 0.5) is 5.95 Å². The number of aromatic nitrogens is 3. The molecule has 4 rings (SSSR count). The highest BCUT2D eigenvalue weighted by molar-refractivity contribution is 7.99. The number of hydrogen-bond donors (Lipinski definition) is 0. The van der Waals surface area contributed by atoms with Gasteiger partial charge < -0.3 is 19.0 Å². The Morgan fingerprint density at radius 3 is 2.74 bits per heavy atom. The number of thioether (sulfide) groups is 1. The largest absolute Gasteiger partial charge is 0.464 e. The summed E-state index contributed by atoms with van der Waals surface area (Å²) in [5.41, 5.74) is 0. The van der Waals surface area contributed by atoms with Crippen LogP contribution in [0.3, 0.4) is 0 Å². The standard InChI is InChI=1S/C22H33N5O3S/c1-16-8-10-26(11-9-16)21-23-24-22(27(21)14-18-5-4-12-29-18)31-15-20(28)25(3)13-19-7-6-17(2)30-19/h6-7,16,18H,4-5,8-15H2,1-3H3. The predicted molar refractivity (Wildman–Crippen MR) is 120 cm³/mol. The summed E-state index contributed by atoms with van der Waals surface area (Å²) in [6, 6.07) is 3.83. The lowest BCUT2D eigenvalue weighted by Crippen LogP contribution is -2.35. The van der Waals surface area contributed by atoms with Gasteiger partial charge in [-0.15, -0.1) is 10.2 Å². The van der Waals surface area contributed by atoms with E-state index in [2.05, 4.69) is 26.6 Å². The first-order chi connectivity index (χ1) is 15.0. The molecule has 2 aromatic rings. The van der Waals surface area contributed by atoms with Crippen molar-refractivity contribution < 1.29 is 13.9 Å². The summed E-state index contributed by atoms with van der Waals surface area (Å²) in [6.07, 6.45) is 4.69. The number of nitrogens with zero attached hydrogens (tertiary/aromatic N) is 5. The second-order valence-corrected chi connectivity index (χ2v) is 9.69. The zero-order valence-corrected chi connectivity index (χ0v) is 19.6. The molecule has 1 amide bonds. The fourth-order valence-corrected chi connectivity index (χ4v) is 4.99. The number of ether oxygens (including phenoxy) is 1. The summed E-state index contributed by atoms with van der Waals surface area (Å²) >= 11 is 1.45. The molecule has 8 nitrogen and oxygen atoms in total. The third-order valence-electron chi connectivity index (χ3n) is 6.11. The van der Waals surface area contributed by atoms with Crippen molar-refractivity contribution in [3.63, 3.8) is 0 Å². The van der Waals surface area contributed by atoms with E-state index in [0.29, 0.717) is 12.3 Å². The van der Waals surface area contributed by atoms with Crippen molar-refractivity contribution in [1.82, 2.24) is 19.7 Å². The topological polar surface area (TPSA) is 76.6 Å². The molecule has 2 saturated heterocycles. The van der Waals surface area contributed by atoms with Crippen molar-refractivity contribution >= 4 is 23.6 Å². The molecule has 0 spiro atoms. The molecule has 0 N–H and O–H groups in total. The van der Waals surface area contributed by atoms with E-state index in [1.54, 1.807) is 11.9 Å². The van der Waals surface area contributed by atoms with Gasteiger partial charge in [0.05, 0.1) is 24.9 Å². The van der Waals surface area contributed by atoms with Crippen LogP contribution in [0.5, 0.6) is 0 Å². The number of aryl methyl sites for hydroxylation is 1. The van der Waals surface area contributed by atoms with Gasteiger partial charge in [-0.2, -0.15) is 0 Å².